The highest BCUT2D eigenvalue weighted by molar-refractivity contribution is 6.30. The van der Waals surface area contributed by atoms with Crippen LogP contribution in [0.3, 0.4) is 0 Å². The summed E-state index contributed by atoms with van der Waals surface area (Å²) < 4.78 is 33.5. The van der Waals surface area contributed by atoms with Crippen LogP contribution in [0.15, 0.2) is 18.2 Å². The molecule has 1 saturated heterocycles. The van der Waals surface area contributed by atoms with Gasteiger partial charge in [-0.3, -0.25) is 24.0 Å². The first-order valence-electron chi connectivity index (χ1n) is 10.9. The van der Waals surface area contributed by atoms with E-state index in [0.717, 1.165) is 20.8 Å². The SMILES string of the molecule is COC1(c2ccc(C)c(C(=O)CCl)c2)O[C@H](COC(C)=O)[C@@H](OC(C)=O)[C@H](OC(C)=O)[C@H]1OC(C)=O. The lowest BCUT2D eigenvalue weighted by molar-refractivity contribution is -0.367. The van der Waals surface area contributed by atoms with Gasteiger partial charge in [-0.2, -0.15) is 0 Å². The molecule has 0 aromatic heterocycles. The molecule has 1 aromatic rings. The molecule has 0 radical (unpaired) electrons. The van der Waals surface area contributed by atoms with Crippen LogP contribution in [-0.4, -0.2) is 73.7 Å². The van der Waals surface area contributed by atoms with Crippen molar-refractivity contribution in [2.75, 3.05) is 19.6 Å². The van der Waals surface area contributed by atoms with E-state index in [1.807, 2.05) is 0 Å². The molecule has 36 heavy (non-hydrogen) atoms. The molecule has 12 heteroatoms. The maximum atomic E-state index is 12.5. The van der Waals surface area contributed by atoms with Gasteiger partial charge in [0.15, 0.2) is 18.0 Å². The Morgan fingerprint density at radius 3 is 2.00 bits per heavy atom. The number of esters is 4. The van der Waals surface area contributed by atoms with Crippen LogP contribution >= 0.6 is 11.6 Å². The van der Waals surface area contributed by atoms with Crippen molar-refractivity contribution in [3.63, 3.8) is 0 Å². The minimum atomic E-state index is -1.98. The van der Waals surface area contributed by atoms with Crippen molar-refractivity contribution in [2.24, 2.45) is 0 Å². The molecule has 0 spiro atoms. The fraction of sp³-hybridized carbons (Fsp3) is 0.542. The molecule has 0 saturated carbocycles. The van der Waals surface area contributed by atoms with Crippen molar-refractivity contribution in [2.45, 2.75) is 64.8 Å². The fourth-order valence-corrected chi connectivity index (χ4v) is 4.14. The summed E-state index contributed by atoms with van der Waals surface area (Å²) in [4.78, 5) is 60.2. The first-order valence-corrected chi connectivity index (χ1v) is 11.5. The molecule has 11 nitrogen and oxygen atoms in total. The highest BCUT2D eigenvalue weighted by Crippen LogP contribution is 2.43. The third-order valence-corrected chi connectivity index (χ3v) is 5.65. The number of rotatable bonds is 9. The van der Waals surface area contributed by atoms with E-state index in [9.17, 15) is 24.0 Å². The molecule has 1 aromatic carbocycles. The Kier molecular flexibility index (Phi) is 9.97. The second-order valence-corrected chi connectivity index (χ2v) is 8.36. The standard InChI is InChI=1S/C24H29ClO11/c1-12-7-8-17(9-18(12)19(30)10-25)24(31-6)23(35-16(5)29)22(34-15(4)28)21(33-14(3)27)20(36-24)11-32-13(2)26/h7-9,20-23H,10-11H2,1-6H3/t20-,21-,22+,23-,24?/m1/s1. The quantitative estimate of drug-likeness (QED) is 0.201. The summed E-state index contributed by atoms with van der Waals surface area (Å²) in [5.41, 5.74) is 1.08. The summed E-state index contributed by atoms with van der Waals surface area (Å²) in [6.07, 6.45) is -5.54. The zero-order valence-electron chi connectivity index (χ0n) is 20.8. The van der Waals surface area contributed by atoms with Gasteiger partial charge in [0.25, 0.3) is 0 Å². The molecule has 0 N–H and O–H groups in total. The van der Waals surface area contributed by atoms with Gasteiger partial charge in [-0.15, -0.1) is 11.6 Å². The average molecular weight is 529 g/mol. The first kappa shape index (κ1) is 29.2. The van der Waals surface area contributed by atoms with Crippen molar-refractivity contribution in [1.82, 2.24) is 0 Å². The Hall–Kier alpha value is -3.02. The Balaban J connectivity index is 2.80. The number of alkyl halides is 1. The second kappa shape index (κ2) is 12.3. The maximum Gasteiger partial charge on any atom is 0.303 e. The molecular formula is C24H29ClO11. The highest BCUT2D eigenvalue weighted by atomic mass is 35.5. The normalized spacial score (nSPS) is 25.4. The number of ether oxygens (including phenoxy) is 6. The van der Waals surface area contributed by atoms with Gasteiger partial charge in [-0.25, -0.2) is 0 Å². The molecule has 2 rings (SSSR count). The number of carbonyl (C=O) groups excluding carboxylic acids is 5. The largest absolute Gasteiger partial charge is 0.463 e. The Morgan fingerprint density at radius 1 is 0.917 bits per heavy atom. The van der Waals surface area contributed by atoms with Gasteiger partial charge in [-0.05, 0) is 18.6 Å². The fourth-order valence-electron chi connectivity index (χ4n) is 3.99. The van der Waals surface area contributed by atoms with Gasteiger partial charge in [-0.1, -0.05) is 12.1 Å². The Bertz CT molecular complexity index is 1020. The van der Waals surface area contributed by atoms with Crippen LogP contribution in [0.1, 0.15) is 49.2 Å². The van der Waals surface area contributed by atoms with Crippen LogP contribution in [0.25, 0.3) is 0 Å². The number of hydrogen-bond acceptors (Lipinski definition) is 11. The van der Waals surface area contributed by atoms with Crippen molar-refractivity contribution in [3.8, 4) is 0 Å². The van der Waals surface area contributed by atoms with Crippen molar-refractivity contribution in [3.05, 3.63) is 34.9 Å². The van der Waals surface area contributed by atoms with Crippen molar-refractivity contribution in [1.29, 1.82) is 0 Å². The summed E-state index contributed by atoms with van der Waals surface area (Å²) >= 11 is 5.77. The van der Waals surface area contributed by atoms with E-state index < -0.39 is 60.7 Å². The topological polar surface area (TPSA) is 141 Å². The van der Waals surface area contributed by atoms with E-state index in [0.29, 0.717) is 5.56 Å². The summed E-state index contributed by atoms with van der Waals surface area (Å²) in [5.74, 6) is -5.64. The van der Waals surface area contributed by atoms with Crippen LogP contribution in [0.4, 0.5) is 0 Å². The number of hydrogen-bond donors (Lipinski definition) is 0. The van der Waals surface area contributed by atoms with Crippen LogP contribution in [0.2, 0.25) is 0 Å². The van der Waals surface area contributed by atoms with Crippen LogP contribution in [0.5, 0.6) is 0 Å². The molecule has 0 bridgehead atoms. The molecule has 1 aliphatic rings. The summed E-state index contributed by atoms with van der Waals surface area (Å²) in [7, 11) is 1.25. The molecular weight excluding hydrogens is 500 g/mol. The van der Waals surface area contributed by atoms with Gasteiger partial charge < -0.3 is 28.4 Å². The number of methoxy groups -OCH3 is 1. The summed E-state index contributed by atoms with van der Waals surface area (Å²) in [6, 6.07) is 4.64. The average Bonchev–Trinajstić information content (AvgIpc) is 2.79. The minimum Gasteiger partial charge on any atom is -0.463 e. The number of benzene rings is 1. The zero-order valence-corrected chi connectivity index (χ0v) is 21.6. The van der Waals surface area contributed by atoms with Crippen LogP contribution in [0, 0.1) is 6.92 Å². The Labute approximate surface area is 213 Å². The lowest BCUT2D eigenvalue weighted by atomic mass is 9.85. The lowest BCUT2D eigenvalue weighted by Gasteiger charge is -2.50. The summed E-state index contributed by atoms with van der Waals surface area (Å²) in [6.45, 7) is 5.80. The van der Waals surface area contributed by atoms with E-state index in [2.05, 4.69) is 0 Å². The highest BCUT2D eigenvalue weighted by Gasteiger charge is 2.61. The molecule has 5 atom stereocenters. The maximum absolute atomic E-state index is 12.5. The van der Waals surface area contributed by atoms with Crippen LogP contribution < -0.4 is 0 Å². The van der Waals surface area contributed by atoms with Gasteiger partial charge in [0.1, 0.15) is 12.7 Å². The number of Topliss-reactive ketones (excluding diaryl/α,β-unsaturated/α-hetero) is 1. The third kappa shape index (κ3) is 6.59. The van der Waals surface area contributed by atoms with E-state index in [1.54, 1.807) is 19.1 Å². The number of aryl methyl sites for hydroxylation is 1. The van der Waals surface area contributed by atoms with E-state index in [-0.39, 0.29) is 22.8 Å². The molecule has 1 unspecified atom stereocenters. The Morgan fingerprint density at radius 2 is 1.50 bits per heavy atom. The number of ketones is 1. The summed E-state index contributed by atoms with van der Waals surface area (Å²) in [5, 5.41) is 0. The van der Waals surface area contributed by atoms with Gasteiger partial charge in [0.05, 0.1) is 5.88 Å². The van der Waals surface area contributed by atoms with Crippen molar-refractivity contribution >= 4 is 41.3 Å². The number of halogens is 1. The van der Waals surface area contributed by atoms with Gasteiger partial charge in [0, 0.05) is 45.9 Å². The third-order valence-electron chi connectivity index (χ3n) is 5.40. The molecule has 1 fully saturated rings. The zero-order chi connectivity index (χ0) is 27.2. The predicted octanol–water partition coefficient (Wildman–Crippen LogP) is 1.97. The van der Waals surface area contributed by atoms with Crippen LogP contribution in [-0.2, 0) is 53.4 Å². The number of carbonyl (C=O) groups is 5. The second-order valence-electron chi connectivity index (χ2n) is 8.10. The predicted molar refractivity (Wildman–Crippen MR) is 123 cm³/mol. The van der Waals surface area contributed by atoms with E-state index in [4.69, 9.17) is 40.0 Å². The molecule has 0 amide bonds. The van der Waals surface area contributed by atoms with E-state index in [1.165, 1.54) is 20.1 Å². The lowest BCUT2D eigenvalue weighted by Crippen LogP contribution is -2.67. The van der Waals surface area contributed by atoms with Gasteiger partial charge in [0.2, 0.25) is 11.9 Å². The minimum absolute atomic E-state index is 0.210. The molecule has 1 heterocycles. The first-order chi connectivity index (χ1) is 16.9. The molecule has 198 valence electrons. The van der Waals surface area contributed by atoms with E-state index >= 15 is 0 Å². The molecule has 1 aliphatic heterocycles. The van der Waals surface area contributed by atoms with Gasteiger partial charge >= 0.3 is 23.9 Å². The smallest absolute Gasteiger partial charge is 0.303 e. The van der Waals surface area contributed by atoms with Crippen molar-refractivity contribution < 1.29 is 52.4 Å². The monoisotopic (exact) mass is 528 g/mol. The molecule has 0 aliphatic carbocycles.